The number of esters is 1. The van der Waals surface area contributed by atoms with Crippen molar-refractivity contribution in [3.05, 3.63) is 33.1 Å². The summed E-state index contributed by atoms with van der Waals surface area (Å²) in [5, 5.41) is 10.7. The van der Waals surface area contributed by atoms with Crippen molar-refractivity contribution in [2.45, 2.75) is 26.4 Å². The highest BCUT2D eigenvalue weighted by Crippen LogP contribution is 2.21. The largest absolute Gasteiger partial charge is 0.459 e. The Morgan fingerprint density at radius 2 is 2.35 bits per heavy atom. The molecule has 17 heavy (non-hydrogen) atoms. The molecule has 0 radical (unpaired) electrons. The van der Waals surface area contributed by atoms with Crippen LogP contribution in [0.1, 0.15) is 30.6 Å². The van der Waals surface area contributed by atoms with Gasteiger partial charge in [-0.3, -0.25) is 10.1 Å². The number of hydrogen-bond donors (Lipinski definition) is 0. The molecule has 0 saturated heterocycles. The highest BCUT2D eigenvalue weighted by molar-refractivity contribution is 6.29. The molecule has 0 spiro atoms. The van der Waals surface area contributed by atoms with Crippen LogP contribution < -0.4 is 0 Å². The number of nitrogens with zero attached hydrogens (tertiary/aromatic N) is 2. The normalized spacial score (nSPS) is 11.9. The van der Waals surface area contributed by atoms with Crippen molar-refractivity contribution in [3.63, 3.8) is 0 Å². The van der Waals surface area contributed by atoms with E-state index in [-0.39, 0.29) is 16.8 Å². The molecule has 1 aromatic heterocycles. The molecule has 1 unspecified atom stereocenters. The summed E-state index contributed by atoms with van der Waals surface area (Å²) in [7, 11) is 0. The Kier molecular flexibility index (Phi) is 4.39. The molecule has 0 aliphatic carbocycles. The zero-order valence-electron chi connectivity index (χ0n) is 9.34. The third-order valence-electron chi connectivity index (χ3n) is 2.15. The van der Waals surface area contributed by atoms with Crippen LogP contribution in [0.2, 0.25) is 5.15 Å². The van der Waals surface area contributed by atoms with Crippen LogP contribution in [0.4, 0.5) is 5.69 Å². The number of nitro groups is 1. The number of carbonyl (C=O) groups is 1. The summed E-state index contributed by atoms with van der Waals surface area (Å²) < 4.78 is 5.00. The molecule has 0 amide bonds. The van der Waals surface area contributed by atoms with Gasteiger partial charge in [0.15, 0.2) is 0 Å². The fourth-order valence-corrected chi connectivity index (χ4v) is 1.22. The quantitative estimate of drug-likeness (QED) is 0.359. The molecule has 7 heteroatoms. The second-order valence-electron chi connectivity index (χ2n) is 3.41. The molecule has 0 aliphatic rings. The maximum Gasteiger partial charge on any atom is 0.345 e. The van der Waals surface area contributed by atoms with Gasteiger partial charge in [-0.2, -0.15) is 0 Å². The number of carbonyl (C=O) groups excluding carboxylic acids is 1. The fourth-order valence-electron chi connectivity index (χ4n) is 1.06. The minimum absolute atomic E-state index is 0.00621. The van der Waals surface area contributed by atoms with Gasteiger partial charge in [-0.05, 0) is 19.4 Å². The van der Waals surface area contributed by atoms with Crippen molar-refractivity contribution < 1.29 is 14.5 Å². The molecule has 0 aromatic carbocycles. The molecular formula is C10H11ClN2O4. The molecule has 0 N–H and O–H groups in total. The van der Waals surface area contributed by atoms with Crippen molar-refractivity contribution in [2.24, 2.45) is 0 Å². The molecule has 0 fully saturated rings. The Morgan fingerprint density at radius 3 is 2.88 bits per heavy atom. The van der Waals surface area contributed by atoms with Crippen LogP contribution in [0.3, 0.4) is 0 Å². The van der Waals surface area contributed by atoms with E-state index in [1.807, 2.05) is 6.92 Å². The molecule has 1 rings (SSSR count). The number of halogens is 1. The van der Waals surface area contributed by atoms with Gasteiger partial charge in [-0.25, -0.2) is 9.78 Å². The van der Waals surface area contributed by atoms with Crippen LogP contribution in [0.5, 0.6) is 0 Å². The number of hydrogen-bond acceptors (Lipinski definition) is 5. The van der Waals surface area contributed by atoms with Crippen LogP contribution in [0.15, 0.2) is 12.3 Å². The molecule has 0 saturated carbocycles. The van der Waals surface area contributed by atoms with Gasteiger partial charge in [0.1, 0.15) is 16.9 Å². The third kappa shape index (κ3) is 3.39. The van der Waals surface area contributed by atoms with Gasteiger partial charge in [-0.15, -0.1) is 0 Å². The lowest BCUT2D eigenvalue weighted by Crippen LogP contribution is -2.15. The van der Waals surface area contributed by atoms with Gasteiger partial charge in [-0.1, -0.05) is 18.5 Å². The van der Waals surface area contributed by atoms with Crippen LogP contribution in [-0.4, -0.2) is 22.0 Å². The summed E-state index contributed by atoms with van der Waals surface area (Å²) in [6, 6.07) is 1.13. The number of ether oxygens (including phenoxy) is 1. The van der Waals surface area contributed by atoms with Crippen LogP contribution in [0.25, 0.3) is 0 Å². The SMILES string of the molecule is CCC(C)OC(=O)c1cc(Cl)ncc1[N+](=O)[O-]. The lowest BCUT2D eigenvalue weighted by Gasteiger charge is -2.10. The fraction of sp³-hybridized carbons (Fsp3) is 0.400. The summed E-state index contributed by atoms with van der Waals surface area (Å²) in [5.74, 6) is -0.768. The Bertz CT molecular complexity index is 450. The van der Waals surface area contributed by atoms with Crippen molar-refractivity contribution in [2.75, 3.05) is 0 Å². The molecule has 0 aliphatic heterocycles. The smallest absolute Gasteiger partial charge is 0.345 e. The van der Waals surface area contributed by atoms with Gasteiger partial charge < -0.3 is 4.74 Å². The van der Waals surface area contributed by atoms with Gasteiger partial charge in [0.2, 0.25) is 0 Å². The minimum atomic E-state index is -0.768. The molecule has 1 heterocycles. The van der Waals surface area contributed by atoms with E-state index in [0.717, 1.165) is 12.3 Å². The summed E-state index contributed by atoms with van der Waals surface area (Å²) in [6.45, 7) is 3.54. The zero-order chi connectivity index (χ0) is 13.0. The summed E-state index contributed by atoms with van der Waals surface area (Å²) >= 11 is 5.59. The lowest BCUT2D eigenvalue weighted by atomic mass is 10.2. The van der Waals surface area contributed by atoms with Crippen molar-refractivity contribution in [1.82, 2.24) is 4.98 Å². The summed E-state index contributed by atoms with van der Waals surface area (Å²) in [4.78, 5) is 25.2. The van der Waals surface area contributed by atoms with E-state index in [0.29, 0.717) is 6.42 Å². The van der Waals surface area contributed by atoms with Crippen molar-refractivity contribution in [1.29, 1.82) is 0 Å². The summed E-state index contributed by atoms with van der Waals surface area (Å²) in [6.07, 6.45) is 1.25. The maximum atomic E-state index is 11.7. The van der Waals surface area contributed by atoms with E-state index in [2.05, 4.69) is 4.98 Å². The van der Waals surface area contributed by atoms with Gasteiger partial charge >= 0.3 is 11.7 Å². The Morgan fingerprint density at radius 1 is 1.71 bits per heavy atom. The number of pyridine rings is 1. The predicted octanol–water partition coefficient (Wildman–Crippen LogP) is 2.60. The van der Waals surface area contributed by atoms with Gasteiger partial charge in [0.05, 0.1) is 11.0 Å². The zero-order valence-corrected chi connectivity index (χ0v) is 10.1. The lowest BCUT2D eigenvalue weighted by molar-refractivity contribution is -0.385. The highest BCUT2D eigenvalue weighted by atomic mass is 35.5. The average Bonchev–Trinajstić information content (AvgIpc) is 2.28. The second-order valence-corrected chi connectivity index (χ2v) is 3.79. The second kappa shape index (κ2) is 5.58. The first-order chi connectivity index (χ1) is 7.95. The van der Waals surface area contributed by atoms with E-state index in [4.69, 9.17) is 16.3 Å². The van der Waals surface area contributed by atoms with E-state index in [9.17, 15) is 14.9 Å². The van der Waals surface area contributed by atoms with Crippen LogP contribution in [-0.2, 0) is 4.74 Å². The van der Waals surface area contributed by atoms with E-state index >= 15 is 0 Å². The molecule has 1 aromatic rings. The monoisotopic (exact) mass is 258 g/mol. The van der Waals surface area contributed by atoms with Crippen LogP contribution in [0, 0.1) is 10.1 Å². The molecular weight excluding hydrogens is 248 g/mol. The number of aromatic nitrogens is 1. The molecule has 0 bridgehead atoms. The molecule has 1 atom stereocenters. The highest BCUT2D eigenvalue weighted by Gasteiger charge is 2.23. The third-order valence-corrected chi connectivity index (χ3v) is 2.36. The predicted molar refractivity (Wildman–Crippen MR) is 61.1 cm³/mol. The maximum absolute atomic E-state index is 11.7. The van der Waals surface area contributed by atoms with E-state index in [1.165, 1.54) is 0 Å². The minimum Gasteiger partial charge on any atom is -0.459 e. The van der Waals surface area contributed by atoms with Crippen molar-refractivity contribution >= 4 is 23.3 Å². The Labute approximate surface area is 103 Å². The number of rotatable bonds is 4. The first kappa shape index (κ1) is 13.4. The van der Waals surface area contributed by atoms with Gasteiger partial charge in [0.25, 0.3) is 0 Å². The van der Waals surface area contributed by atoms with Crippen LogP contribution >= 0.6 is 11.6 Å². The molecule has 6 nitrogen and oxygen atoms in total. The summed E-state index contributed by atoms with van der Waals surface area (Å²) in [5.41, 5.74) is -0.599. The van der Waals surface area contributed by atoms with Crippen molar-refractivity contribution in [3.8, 4) is 0 Å². The molecule has 92 valence electrons. The first-order valence-electron chi connectivity index (χ1n) is 4.96. The Balaban J connectivity index is 3.06. The van der Waals surface area contributed by atoms with E-state index in [1.54, 1.807) is 6.92 Å². The average molecular weight is 259 g/mol. The Hall–Kier alpha value is -1.69. The van der Waals surface area contributed by atoms with Gasteiger partial charge in [0, 0.05) is 0 Å². The topological polar surface area (TPSA) is 82.3 Å². The standard InChI is InChI=1S/C10H11ClN2O4/c1-3-6(2)17-10(14)7-4-9(11)12-5-8(7)13(15)16/h4-6H,3H2,1-2H3. The first-order valence-corrected chi connectivity index (χ1v) is 5.34. The van der Waals surface area contributed by atoms with E-state index < -0.39 is 16.6 Å².